The van der Waals surface area contributed by atoms with Gasteiger partial charge >= 0.3 is 21.3 Å². The van der Waals surface area contributed by atoms with E-state index in [1.54, 1.807) is 0 Å². The van der Waals surface area contributed by atoms with Crippen molar-refractivity contribution >= 4 is 16.1 Å². The lowest BCUT2D eigenvalue weighted by atomic mass is 9.88. The molecule has 0 bridgehead atoms. The van der Waals surface area contributed by atoms with Gasteiger partial charge in [0.1, 0.15) is 12.2 Å². The van der Waals surface area contributed by atoms with Crippen LogP contribution in [0.2, 0.25) is 0 Å². The molecule has 24 heavy (non-hydrogen) atoms. The zero-order valence-corrected chi connectivity index (χ0v) is 14.5. The average molecular weight is 370 g/mol. The van der Waals surface area contributed by atoms with Gasteiger partial charge in [-0.05, 0) is 32.6 Å². The summed E-state index contributed by atoms with van der Waals surface area (Å²) in [5, 5.41) is -4.44. The number of carbonyl (C=O) groups excluding carboxylic acids is 1. The fourth-order valence-corrected chi connectivity index (χ4v) is 2.71. The Morgan fingerprint density at radius 1 is 1.21 bits per heavy atom. The predicted octanol–water partition coefficient (Wildman–Crippen LogP) is 3.09. The molecule has 1 N–H and O–H groups in total. The lowest BCUT2D eigenvalue weighted by molar-refractivity contribution is -0.156. The normalized spacial score (nSPS) is 19.2. The quantitative estimate of drug-likeness (QED) is 0.421. The highest BCUT2D eigenvalue weighted by Crippen LogP contribution is 2.30. The summed E-state index contributed by atoms with van der Waals surface area (Å²) >= 11 is 0. The molecule has 0 aromatic heterocycles. The maximum atomic E-state index is 13.0. The van der Waals surface area contributed by atoms with Gasteiger partial charge in [0.2, 0.25) is 0 Å². The second-order valence-electron chi connectivity index (χ2n) is 6.32. The fourth-order valence-electron chi connectivity index (χ4n) is 2.48. The van der Waals surface area contributed by atoms with Crippen LogP contribution in [0.25, 0.3) is 0 Å². The largest absolute Gasteiger partial charge is 0.456 e. The minimum atomic E-state index is -5.56. The number of esters is 1. The molecule has 0 saturated heterocycles. The van der Waals surface area contributed by atoms with Crippen molar-refractivity contribution in [3.05, 3.63) is 12.2 Å². The van der Waals surface area contributed by atoms with E-state index in [-0.39, 0.29) is 5.57 Å². The smallest absolute Gasteiger partial charge is 0.392 e. The molecule has 140 valence electrons. The van der Waals surface area contributed by atoms with Gasteiger partial charge in [-0.15, -0.1) is 0 Å². The van der Waals surface area contributed by atoms with Crippen LogP contribution in [-0.4, -0.2) is 43.0 Å². The molecular weight excluding hydrogens is 346 g/mol. The van der Waals surface area contributed by atoms with E-state index in [1.165, 1.54) is 0 Å². The Hall–Kier alpha value is -1.06. The Labute approximate surface area is 141 Å². The number of halogens is 2. The van der Waals surface area contributed by atoms with E-state index < -0.39 is 40.2 Å². The van der Waals surface area contributed by atoms with Crippen molar-refractivity contribution in [3.63, 3.8) is 0 Å². The minimum Gasteiger partial charge on any atom is -0.456 e. The van der Waals surface area contributed by atoms with Crippen molar-refractivity contribution in [2.45, 2.75) is 62.7 Å². The maximum Gasteiger partial charge on any atom is 0.392 e. The van der Waals surface area contributed by atoms with Crippen LogP contribution in [0, 0.1) is 0 Å². The van der Waals surface area contributed by atoms with Crippen LogP contribution in [-0.2, 0) is 24.4 Å². The second kappa shape index (κ2) is 8.35. The van der Waals surface area contributed by atoms with Crippen molar-refractivity contribution < 1.29 is 36.0 Å². The Balaban J connectivity index is 2.48. The Bertz CT molecular complexity index is 550. The molecule has 1 aliphatic rings. The van der Waals surface area contributed by atoms with Crippen LogP contribution >= 0.6 is 0 Å². The number of rotatable bonds is 7. The lowest BCUT2D eigenvalue weighted by Crippen LogP contribution is -2.35. The molecule has 6 nitrogen and oxygen atoms in total. The first-order valence-electron chi connectivity index (χ1n) is 7.81. The van der Waals surface area contributed by atoms with Gasteiger partial charge in [0.05, 0.1) is 12.2 Å². The summed E-state index contributed by atoms with van der Waals surface area (Å²) in [4.78, 5) is 12.0. The monoisotopic (exact) mass is 370 g/mol. The van der Waals surface area contributed by atoms with Crippen molar-refractivity contribution in [2.24, 2.45) is 0 Å². The number of carbonyl (C=O) groups is 1. The van der Waals surface area contributed by atoms with E-state index in [0.717, 1.165) is 32.1 Å². The van der Waals surface area contributed by atoms with Crippen molar-refractivity contribution in [2.75, 3.05) is 13.2 Å². The number of hydrogen-bond acceptors (Lipinski definition) is 5. The third-order valence-corrected chi connectivity index (χ3v) is 4.84. The van der Waals surface area contributed by atoms with E-state index in [1.807, 2.05) is 6.92 Å². The van der Waals surface area contributed by atoms with E-state index in [9.17, 15) is 22.0 Å². The van der Waals surface area contributed by atoms with Gasteiger partial charge in [-0.2, -0.15) is 17.2 Å². The summed E-state index contributed by atoms with van der Waals surface area (Å²) in [6.07, 6.45) is 6.61. The first kappa shape index (κ1) is 21.0. The summed E-state index contributed by atoms with van der Waals surface area (Å²) in [7, 11) is -5.56. The van der Waals surface area contributed by atoms with Crippen LogP contribution < -0.4 is 0 Å². The molecule has 0 unspecified atom stereocenters. The second-order valence-corrected chi connectivity index (χ2v) is 7.86. The standard InChI is InChI=1S/C15H24F2O6S/c1-12(10-22-11-15(16,17)24(19,20)21)13(18)23-14(2)8-6-4-3-5-7-9-14/h1,3-11H2,2H3,(H,19,20,21). The van der Waals surface area contributed by atoms with Gasteiger partial charge in [0.25, 0.3) is 0 Å². The molecule has 0 aliphatic heterocycles. The van der Waals surface area contributed by atoms with Gasteiger partial charge in [-0.1, -0.05) is 25.8 Å². The molecule has 9 heteroatoms. The van der Waals surface area contributed by atoms with Crippen molar-refractivity contribution in [1.29, 1.82) is 0 Å². The summed E-state index contributed by atoms with van der Waals surface area (Å²) in [6.45, 7) is 3.06. The minimum absolute atomic E-state index is 0.190. The predicted molar refractivity (Wildman–Crippen MR) is 83.3 cm³/mol. The van der Waals surface area contributed by atoms with E-state index >= 15 is 0 Å². The average Bonchev–Trinajstić information content (AvgIpc) is 2.42. The molecule has 1 rings (SSSR count). The van der Waals surface area contributed by atoms with Crippen LogP contribution in [0.15, 0.2) is 12.2 Å². The molecule has 0 spiro atoms. The molecule has 0 radical (unpaired) electrons. The van der Waals surface area contributed by atoms with E-state index in [0.29, 0.717) is 12.8 Å². The first-order valence-corrected chi connectivity index (χ1v) is 9.25. The Morgan fingerprint density at radius 2 is 1.71 bits per heavy atom. The van der Waals surface area contributed by atoms with Gasteiger partial charge in [0, 0.05) is 0 Å². The number of hydrogen-bond donors (Lipinski definition) is 1. The van der Waals surface area contributed by atoms with Crippen molar-refractivity contribution in [1.82, 2.24) is 0 Å². The van der Waals surface area contributed by atoms with Gasteiger partial charge in [-0.3, -0.25) is 4.55 Å². The molecule has 0 atom stereocenters. The van der Waals surface area contributed by atoms with Crippen LogP contribution in [0.4, 0.5) is 8.78 Å². The molecule has 0 aromatic rings. The van der Waals surface area contributed by atoms with E-state index in [2.05, 4.69) is 11.3 Å². The maximum absolute atomic E-state index is 13.0. The Morgan fingerprint density at radius 3 is 2.21 bits per heavy atom. The zero-order chi connectivity index (χ0) is 18.4. The van der Waals surface area contributed by atoms with Gasteiger partial charge in [0.15, 0.2) is 0 Å². The number of ether oxygens (including phenoxy) is 2. The SMILES string of the molecule is C=C(COCC(F)(F)S(=O)(=O)O)C(=O)OC1(C)CCCCCCC1. The summed E-state index contributed by atoms with van der Waals surface area (Å²) in [6, 6.07) is 0. The third-order valence-electron chi connectivity index (χ3n) is 3.96. The first-order chi connectivity index (χ1) is 11.0. The third kappa shape index (κ3) is 6.45. The van der Waals surface area contributed by atoms with E-state index in [4.69, 9.17) is 9.29 Å². The zero-order valence-electron chi connectivity index (χ0n) is 13.7. The summed E-state index contributed by atoms with van der Waals surface area (Å²) in [5.74, 6) is -0.756. The Kier molecular flexibility index (Phi) is 7.30. The highest BCUT2D eigenvalue weighted by molar-refractivity contribution is 7.86. The van der Waals surface area contributed by atoms with Gasteiger partial charge < -0.3 is 9.47 Å². The van der Waals surface area contributed by atoms with Crippen molar-refractivity contribution in [3.8, 4) is 0 Å². The summed E-state index contributed by atoms with van der Waals surface area (Å²) < 4.78 is 65.1. The highest BCUT2D eigenvalue weighted by Gasteiger charge is 2.44. The molecule has 1 aliphatic carbocycles. The highest BCUT2D eigenvalue weighted by atomic mass is 32.2. The number of alkyl halides is 2. The molecule has 1 fully saturated rings. The molecule has 1 saturated carbocycles. The summed E-state index contributed by atoms with van der Waals surface area (Å²) in [5.41, 5.74) is -0.817. The molecule has 0 aromatic carbocycles. The van der Waals surface area contributed by atoms with Crippen LogP contribution in [0.5, 0.6) is 0 Å². The fraction of sp³-hybridized carbons (Fsp3) is 0.800. The van der Waals surface area contributed by atoms with Crippen LogP contribution in [0.1, 0.15) is 51.9 Å². The molecule has 0 amide bonds. The van der Waals surface area contributed by atoms with Gasteiger partial charge in [-0.25, -0.2) is 4.79 Å². The molecular formula is C15H24F2O6S. The topological polar surface area (TPSA) is 89.9 Å². The lowest BCUT2D eigenvalue weighted by Gasteiger charge is -2.31. The molecule has 0 heterocycles. The van der Waals surface area contributed by atoms with Crippen LogP contribution in [0.3, 0.4) is 0 Å².